The largest absolute Gasteiger partial charge is 0.370 e. The Balaban J connectivity index is 2.63. The Kier molecular flexibility index (Phi) is 3.94. The van der Waals surface area contributed by atoms with E-state index in [0.29, 0.717) is 17.0 Å². The van der Waals surface area contributed by atoms with E-state index in [1.165, 1.54) is 15.3 Å². The summed E-state index contributed by atoms with van der Waals surface area (Å²) in [6, 6.07) is 5.36. The lowest BCUT2D eigenvalue weighted by Crippen LogP contribution is -2.45. The zero-order valence-electron chi connectivity index (χ0n) is 10.3. The van der Waals surface area contributed by atoms with Gasteiger partial charge >= 0.3 is 10.0 Å². The van der Waals surface area contributed by atoms with Crippen LogP contribution in [0.4, 0.5) is 0 Å². The fourth-order valence-electron chi connectivity index (χ4n) is 1.87. The lowest BCUT2D eigenvalue weighted by Gasteiger charge is -1.98. The third kappa shape index (κ3) is 2.53. The second-order valence-corrected chi connectivity index (χ2v) is 7.78. The molecule has 0 fully saturated rings. The van der Waals surface area contributed by atoms with E-state index < -0.39 is 10.0 Å². The first-order chi connectivity index (χ1) is 8.45. The van der Waals surface area contributed by atoms with Crippen molar-refractivity contribution in [2.24, 2.45) is 0 Å². The summed E-state index contributed by atoms with van der Waals surface area (Å²) in [7, 11) is -3.28. The van der Waals surface area contributed by atoms with E-state index in [2.05, 4.69) is 0 Å². The number of aryl methyl sites for hydroxylation is 1. The molecule has 0 amide bonds. The average molecular weight is 305 g/mol. The van der Waals surface area contributed by atoms with Gasteiger partial charge in [-0.05, 0) is 18.6 Å². The third-order valence-electron chi connectivity index (χ3n) is 2.72. The summed E-state index contributed by atoms with van der Waals surface area (Å²) in [4.78, 5) is 0. The third-order valence-corrected chi connectivity index (χ3v) is 5.94. The van der Waals surface area contributed by atoms with Crippen molar-refractivity contribution in [2.45, 2.75) is 26.7 Å². The Morgan fingerprint density at radius 1 is 1.39 bits per heavy atom. The zero-order chi connectivity index (χ0) is 13.3. The maximum Gasteiger partial charge on any atom is 0.370 e. The molecule has 2 aromatic rings. The molecule has 0 aliphatic rings. The molecule has 1 aromatic heterocycles. The highest BCUT2D eigenvalue weighted by molar-refractivity contribution is 7.85. The Hall–Kier alpha value is -0.650. The number of rotatable bonds is 4. The van der Waals surface area contributed by atoms with Crippen LogP contribution in [0.5, 0.6) is 0 Å². The molecular weight excluding hydrogens is 290 g/mol. The minimum Gasteiger partial charge on any atom is -0.163 e. The van der Waals surface area contributed by atoms with Gasteiger partial charge in [0, 0.05) is 18.0 Å². The van der Waals surface area contributed by atoms with Gasteiger partial charge in [0.2, 0.25) is 5.52 Å². The summed E-state index contributed by atoms with van der Waals surface area (Å²) in [6.07, 6.45) is 1.54. The van der Waals surface area contributed by atoms with Gasteiger partial charge in [0.15, 0.2) is 0 Å². The van der Waals surface area contributed by atoms with Gasteiger partial charge in [-0.3, -0.25) is 0 Å². The zero-order valence-corrected chi connectivity index (χ0v) is 12.7. The number of unbranched alkanes of at least 4 members (excludes halogenated alkanes) is 1. The van der Waals surface area contributed by atoms with E-state index in [9.17, 15) is 8.42 Å². The molecule has 0 saturated carbocycles. The second kappa shape index (κ2) is 5.15. The summed E-state index contributed by atoms with van der Waals surface area (Å²) in [5.41, 5.74) is 0.682. The van der Waals surface area contributed by atoms with Gasteiger partial charge in [-0.1, -0.05) is 40.3 Å². The van der Waals surface area contributed by atoms with Crippen LogP contribution >= 0.6 is 22.9 Å². The predicted octanol–water partition coefficient (Wildman–Crippen LogP) is 3.13. The predicted molar refractivity (Wildman–Crippen MR) is 75.9 cm³/mol. The Bertz CT molecular complexity index is 677. The normalized spacial score (nSPS) is 12.2. The van der Waals surface area contributed by atoms with E-state index in [-0.39, 0.29) is 5.75 Å². The van der Waals surface area contributed by atoms with Crippen molar-refractivity contribution in [1.29, 1.82) is 0 Å². The first kappa shape index (κ1) is 13.8. The molecule has 98 valence electrons. The molecule has 0 saturated heterocycles. The van der Waals surface area contributed by atoms with Gasteiger partial charge in [-0.2, -0.15) is 8.42 Å². The first-order valence-electron chi connectivity index (χ1n) is 5.79. The summed E-state index contributed by atoms with van der Waals surface area (Å²) in [6.45, 7) is 3.80. The quantitative estimate of drug-likeness (QED) is 0.814. The monoisotopic (exact) mass is 304 g/mol. The standard InChI is InChI=1S/C12H15ClNO2S2/c1-3-4-7-18(15,16)14-9(2)17-12-6-5-10(13)8-11(12)14/h5-6,8H,3-4,7H2,1-2H3/q+1. The van der Waals surface area contributed by atoms with Gasteiger partial charge in [0.25, 0.3) is 5.01 Å². The maximum absolute atomic E-state index is 12.3. The van der Waals surface area contributed by atoms with Gasteiger partial charge in [-0.15, -0.1) is 0 Å². The van der Waals surface area contributed by atoms with E-state index in [1.807, 2.05) is 19.9 Å². The highest BCUT2D eigenvalue weighted by atomic mass is 35.5. The van der Waals surface area contributed by atoms with Crippen LogP contribution in [0.2, 0.25) is 5.02 Å². The van der Waals surface area contributed by atoms with Crippen molar-refractivity contribution in [2.75, 3.05) is 5.75 Å². The average Bonchev–Trinajstić information content (AvgIpc) is 2.62. The van der Waals surface area contributed by atoms with Crippen LogP contribution in [0, 0.1) is 6.92 Å². The Morgan fingerprint density at radius 2 is 2.11 bits per heavy atom. The van der Waals surface area contributed by atoms with Crippen molar-refractivity contribution < 1.29 is 12.4 Å². The summed E-state index contributed by atoms with van der Waals surface area (Å²) in [5.74, 6) is 0.174. The van der Waals surface area contributed by atoms with Gasteiger partial charge in [0.05, 0.1) is 0 Å². The highest BCUT2D eigenvalue weighted by Gasteiger charge is 2.30. The molecule has 0 bridgehead atoms. The fraction of sp³-hybridized carbons (Fsp3) is 0.417. The molecule has 1 aromatic carbocycles. The minimum atomic E-state index is -3.28. The number of hydrogen-bond donors (Lipinski definition) is 0. The topological polar surface area (TPSA) is 38.0 Å². The van der Waals surface area contributed by atoms with Gasteiger partial charge < -0.3 is 0 Å². The molecule has 0 aliphatic heterocycles. The molecule has 3 nitrogen and oxygen atoms in total. The number of fused-ring (bicyclic) bond motifs is 1. The SMILES string of the molecule is CCCCS(=O)(=O)[n+]1c(C)sc2ccc(Cl)cc21. The molecule has 0 N–H and O–H groups in total. The lowest BCUT2D eigenvalue weighted by molar-refractivity contribution is -0.483. The Labute approximate surface area is 116 Å². The summed E-state index contributed by atoms with van der Waals surface area (Å²) in [5, 5.41) is 1.32. The first-order valence-corrected chi connectivity index (χ1v) is 8.60. The molecule has 6 heteroatoms. The maximum atomic E-state index is 12.3. The van der Waals surface area contributed by atoms with Crippen molar-refractivity contribution in [1.82, 2.24) is 0 Å². The van der Waals surface area contributed by atoms with Crippen molar-refractivity contribution in [3.05, 3.63) is 28.2 Å². The number of hydrogen-bond acceptors (Lipinski definition) is 3. The smallest absolute Gasteiger partial charge is 0.163 e. The van der Waals surface area contributed by atoms with Crippen molar-refractivity contribution >= 4 is 43.2 Å². The van der Waals surface area contributed by atoms with Crippen LogP contribution in [0.15, 0.2) is 18.2 Å². The molecule has 0 atom stereocenters. The molecule has 18 heavy (non-hydrogen) atoms. The lowest BCUT2D eigenvalue weighted by atomic mass is 10.3. The van der Waals surface area contributed by atoms with Gasteiger partial charge in [-0.25, -0.2) is 0 Å². The van der Waals surface area contributed by atoms with Crippen LogP contribution in [0.1, 0.15) is 24.8 Å². The van der Waals surface area contributed by atoms with Crippen molar-refractivity contribution in [3.8, 4) is 0 Å². The molecule has 0 unspecified atom stereocenters. The number of thiazole rings is 1. The fourth-order valence-corrected chi connectivity index (χ4v) is 5.12. The molecular formula is C12H15ClNO2S2+. The van der Waals surface area contributed by atoms with E-state index in [1.54, 1.807) is 12.1 Å². The number of halogens is 1. The number of aromatic nitrogens is 1. The highest BCUT2D eigenvalue weighted by Crippen LogP contribution is 2.24. The molecule has 0 radical (unpaired) electrons. The van der Waals surface area contributed by atoms with Crippen LogP contribution < -0.4 is 3.97 Å². The molecule has 2 rings (SSSR count). The van der Waals surface area contributed by atoms with Crippen LogP contribution in [-0.2, 0) is 10.0 Å². The molecule has 0 spiro atoms. The van der Waals surface area contributed by atoms with E-state index in [4.69, 9.17) is 11.6 Å². The number of nitrogens with zero attached hydrogens (tertiary/aromatic N) is 1. The summed E-state index contributed by atoms with van der Waals surface area (Å²) >= 11 is 7.42. The number of benzene rings is 1. The van der Waals surface area contributed by atoms with Crippen LogP contribution in [0.3, 0.4) is 0 Å². The minimum absolute atomic E-state index is 0.174. The molecule has 1 heterocycles. The van der Waals surface area contributed by atoms with Crippen LogP contribution in [0.25, 0.3) is 10.2 Å². The van der Waals surface area contributed by atoms with E-state index in [0.717, 1.165) is 16.1 Å². The molecule has 0 aliphatic carbocycles. The van der Waals surface area contributed by atoms with E-state index >= 15 is 0 Å². The second-order valence-electron chi connectivity index (χ2n) is 4.17. The summed E-state index contributed by atoms with van der Waals surface area (Å²) < 4.78 is 27.0. The van der Waals surface area contributed by atoms with Crippen molar-refractivity contribution in [3.63, 3.8) is 0 Å². The van der Waals surface area contributed by atoms with Gasteiger partial charge in [0.1, 0.15) is 10.5 Å². The van der Waals surface area contributed by atoms with Crippen LogP contribution in [-0.4, -0.2) is 14.2 Å². The Morgan fingerprint density at radius 3 is 2.78 bits per heavy atom.